The van der Waals surface area contributed by atoms with Crippen LogP contribution in [-0.2, 0) is 23.7 Å². The van der Waals surface area contributed by atoms with Crippen LogP contribution >= 0.6 is 0 Å². The number of nitrogens with zero attached hydrogens (tertiary/aromatic N) is 5. The quantitative estimate of drug-likeness (QED) is 0.388. The number of alkyl halides is 2. The van der Waals surface area contributed by atoms with Crippen LogP contribution < -0.4 is 5.56 Å². The average Bonchev–Trinajstić information content (AvgIpc) is 3.81. The zero-order valence-corrected chi connectivity index (χ0v) is 22.5. The van der Waals surface area contributed by atoms with E-state index in [2.05, 4.69) is 26.1 Å². The Morgan fingerprint density at radius 3 is 2.70 bits per heavy atom. The van der Waals surface area contributed by atoms with Crippen LogP contribution in [0.3, 0.4) is 0 Å². The molecule has 1 N–H and O–H groups in total. The Kier molecular flexibility index (Phi) is 5.09. The molecule has 0 bridgehead atoms. The highest BCUT2D eigenvalue weighted by Gasteiger charge is 2.60. The largest absolute Gasteiger partial charge is 0.372 e. The molecule has 0 radical (unpaired) electrons. The predicted molar refractivity (Wildman–Crippen MR) is 145 cm³/mol. The minimum Gasteiger partial charge on any atom is -0.372 e. The van der Waals surface area contributed by atoms with Crippen molar-refractivity contribution in [1.82, 2.24) is 29.2 Å². The Morgan fingerprint density at radius 1 is 1.18 bits per heavy atom. The second-order valence-electron chi connectivity index (χ2n) is 12.5. The van der Waals surface area contributed by atoms with E-state index in [-0.39, 0.29) is 24.0 Å². The van der Waals surface area contributed by atoms with Crippen LogP contribution in [0.4, 0.5) is 8.78 Å². The van der Waals surface area contributed by atoms with Crippen LogP contribution in [0.1, 0.15) is 67.1 Å². The van der Waals surface area contributed by atoms with Gasteiger partial charge in [0.1, 0.15) is 17.7 Å². The number of halogens is 2. The van der Waals surface area contributed by atoms with Gasteiger partial charge in [0.05, 0.1) is 17.6 Å². The third-order valence-electron chi connectivity index (χ3n) is 9.37. The molecule has 8 rings (SSSR count). The van der Waals surface area contributed by atoms with Gasteiger partial charge in [-0.2, -0.15) is 0 Å². The average molecular weight is 547 g/mol. The number of hydrogen-bond donors (Lipinski definition) is 1. The van der Waals surface area contributed by atoms with E-state index in [9.17, 15) is 13.6 Å². The number of benzene rings is 1. The molecule has 4 fully saturated rings. The predicted octanol–water partition coefficient (Wildman–Crippen LogP) is 4.40. The summed E-state index contributed by atoms with van der Waals surface area (Å²) in [7, 11) is 1.78. The van der Waals surface area contributed by atoms with Gasteiger partial charge in [-0.3, -0.25) is 14.3 Å². The van der Waals surface area contributed by atoms with E-state index < -0.39 is 11.3 Å². The summed E-state index contributed by atoms with van der Waals surface area (Å²) in [6.45, 7) is 3.32. The fourth-order valence-electron chi connectivity index (χ4n) is 7.02. The molecule has 3 aromatic heterocycles. The molecule has 1 saturated heterocycles. The number of aromatic amines is 1. The lowest BCUT2D eigenvalue weighted by atomic mass is 9.61. The molecule has 208 valence electrons. The standard InChI is InChI=1S/C30H32F2N6O2/c1-36-18-33-35-27(36)29(15-30(31,32)16-29)20-3-2-4-22(11-20)38-14-24(19-5-6-19)23-12-21(34-25(23)26(38)39)13-37-9-10-40-28(17-37)7-8-28/h2-4,11-12,14,18-19,34H,5-10,13,15-17H2,1H3. The molecule has 4 aliphatic rings. The molecular formula is C30H32F2N6O2. The van der Waals surface area contributed by atoms with Gasteiger partial charge in [-0.25, -0.2) is 8.78 Å². The maximum atomic E-state index is 14.3. The minimum absolute atomic E-state index is 0.0495. The van der Waals surface area contributed by atoms with Crippen molar-refractivity contribution in [1.29, 1.82) is 0 Å². The molecule has 1 aliphatic heterocycles. The Labute approximate surface area is 230 Å². The van der Waals surface area contributed by atoms with E-state index in [0.717, 1.165) is 68.6 Å². The van der Waals surface area contributed by atoms with Crippen LogP contribution in [0.25, 0.3) is 16.6 Å². The van der Waals surface area contributed by atoms with Gasteiger partial charge in [-0.05, 0) is 60.9 Å². The smallest absolute Gasteiger partial charge is 0.279 e. The maximum absolute atomic E-state index is 14.3. The van der Waals surface area contributed by atoms with Gasteiger partial charge in [0.25, 0.3) is 11.5 Å². The molecule has 8 nitrogen and oxygen atoms in total. The minimum atomic E-state index is -2.77. The monoisotopic (exact) mass is 546 g/mol. The summed E-state index contributed by atoms with van der Waals surface area (Å²) >= 11 is 0. The summed E-state index contributed by atoms with van der Waals surface area (Å²) in [4.78, 5) is 19.8. The third kappa shape index (κ3) is 3.87. The Hall–Kier alpha value is -3.37. The van der Waals surface area contributed by atoms with Gasteiger partial charge in [-0.15, -0.1) is 10.2 Å². The molecule has 4 heterocycles. The molecule has 4 aromatic rings. The van der Waals surface area contributed by atoms with Crippen molar-refractivity contribution in [3.63, 3.8) is 0 Å². The van der Waals surface area contributed by atoms with Crippen molar-refractivity contribution in [2.45, 2.75) is 67.9 Å². The Balaban J connectivity index is 1.19. The molecule has 1 spiro atoms. The SMILES string of the molecule is Cn1cnnc1C1(c2cccc(-n3cc(C4CC4)c4cc(CN5CCOC6(CC6)C5)[nH]c4c3=O)c2)CC(F)(F)C1. The highest BCUT2D eigenvalue weighted by atomic mass is 19.3. The first-order valence-corrected chi connectivity index (χ1v) is 14.2. The lowest BCUT2D eigenvalue weighted by Gasteiger charge is -2.46. The number of nitrogens with one attached hydrogen (secondary N) is 1. The summed E-state index contributed by atoms with van der Waals surface area (Å²) in [5.74, 6) is -1.83. The van der Waals surface area contributed by atoms with E-state index in [1.54, 1.807) is 22.5 Å². The first-order valence-electron chi connectivity index (χ1n) is 14.2. The third-order valence-corrected chi connectivity index (χ3v) is 9.37. The van der Waals surface area contributed by atoms with Crippen LogP contribution in [0.15, 0.2) is 47.7 Å². The number of aromatic nitrogens is 5. The van der Waals surface area contributed by atoms with E-state index >= 15 is 0 Å². The molecule has 1 aromatic carbocycles. The second-order valence-corrected chi connectivity index (χ2v) is 12.5. The zero-order valence-electron chi connectivity index (χ0n) is 22.5. The van der Waals surface area contributed by atoms with Crippen molar-refractivity contribution < 1.29 is 13.5 Å². The fourth-order valence-corrected chi connectivity index (χ4v) is 7.02. The number of rotatable bonds is 6. The highest BCUT2D eigenvalue weighted by molar-refractivity contribution is 5.84. The lowest BCUT2D eigenvalue weighted by Crippen LogP contribution is -2.51. The first kappa shape index (κ1) is 24.4. The second kappa shape index (κ2) is 8.33. The van der Waals surface area contributed by atoms with Crippen LogP contribution in [0.2, 0.25) is 0 Å². The molecule has 10 heteroatoms. The van der Waals surface area contributed by atoms with Gasteiger partial charge in [-0.1, -0.05) is 12.1 Å². The summed E-state index contributed by atoms with van der Waals surface area (Å²) in [6.07, 6.45) is 7.30. The normalized spacial score (nSPS) is 23.0. The van der Waals surface area contributed by atoms with Crippen molar-refractivity contribution >= 4 is 10.9 Å². The van der Waals surface area contributed by atoms with Gasteiger partial charge in [0.2, 0.25) is 0 Å². The van der Waals surface area contributed by atoms with Gasteiger partial charge < -0.3 is 14.3 Å². The number of hydrogen-bond acceptors (Lipinski definition) is 5. The van der Waals surface area contributed by atoms with Gasteiger partial charge >= 0.3 is 0 Å². The van der Waals surface area contributed by atoms with E-state index in [4.69, 9.17) is 4.74 Å². The topological polar surface area (TPSA) is 81.0 Å². The summed E-state index contributed by atoms with van der Waals surface area (Å²) in [5, 5.41) is 9.18. The van der Waals surface area contributed by atoms with Crippen molar-refractivity contribution in [3.8, 4) is 5.69 Å². The number of ether oxygens (including phenoxy) is 1. The first-order chi connectivity index (χ1) is 19.2. The summed E-state index contributed by atoms with van der Waals surface area (Å²) in [5.41, 5.74) is 3.18. The number of fused-ring (bicyclic) bond motifs is 1. The zero-order chi connectivity index (χ0) is 27.3. The summed E-state index contributed by atoms with van der Waals surface area (Å²) < 4.78 is 38.1. The number of aryl methyl sites for hydroxylation is 1. The molecule has 0 amide bonds. The Morgan fingerprint density at radius 2 is 2.00 bits per heavy atom. The molecule has 3 aliphatic carbocycles. The maximum Gasteiger partial charge on any atom is 0.279 e. The lowest BCUT2D eigenvalue weighted by molar-refractivity contribution is -0.116. The summed E-state index contributed by atoms with van der Waals surface area (Å²) in [6, 6.07) is 9.61. The van der Waals surface area contributed by atoms with Gasteiger partial charge in [0.15, 0.2) is 0 Å². The van der Waals surface area contributed by atoms with E-state index in [0.29, 0.717) is 22.9 Å². The van der Waals surface area contributed by atoms with Crippen LogP contribution in [-0.4, -0.2) is 60.4 Å². The fraction of sp³-hybridized carbons (Fsp3) is 0.500. The van der Waals surface area contributed by atoms with E-state index in [1.165, 1.54) is 5.56 Å². The number of morpholine rings is 1. The molecule has 0 unspecified atom stereocenters. The number of pyridine rings is 1. The van der Waals surface area contributed by atoms with E-state index in [1.807, 2.05) is 30.5 Å². The number of H-pyrrole nitrogens is 1. The molecule has 40 heavy (non-hydrogen) atoms. The molecule has 3 saturated carbocycles. The van der Waals surface area contributed by atoms with Crippen molar-refractivity contribution in [2.24, 2.45) is 7.05 Å². The highest BCUT2D eigenvalue weighted by Crippen LogP contribution is 2.56. The van der Waals surface area contributed by atoms with Crippen LogP contribution in [0.5, 0.6) is 0 Å². The van der Waals surface area contributed by atoms with Crippen molar-refractivity contribution in [2.75, 3.05) is 19.7 Å². The molecular weight excluding hydrogens is 514 g/mol. The van der Waals surface area contributed by atoms with Crippen molar-refractivity contribution in [3.05, 3.63) is 75.9 Å². The molecule has 0 atom stereocenters. The van der Waals surface area contributed by atoms with Crippen LogP contribution in [0, 0.1) is 0 Å². The van der Waals surface area contributed by atoms with Gasteiger partial charge in [0, 0.05) is 62.5 Å². The Bertz CT molecular complexity index is 1690.